The molecule has 3 atom stereocenters. The maximum absolute atomic E-state index is 14.4. The van der Waals surface area contributed by atoms with Gasteiger partial charge in [0.05, 0.1) is 29.6 Å². The van der Waals surface area contributed by atoms with Crippen molar-refractivity contribution >= 4 is 28.9 Å². The first kappa shape index (κ1) is 25.5. The summed E-state index contributed by atoms with van der Waals surface area (Å²) in [6.45, 7) is 2.43. The third-order valence-electron chi connectivity index (χ3n) is 8.44. The molecular formula is C34H30N2O5. The largest absolute Gasteiger partial charge is 0.454 e. The fraction of sp³-hybridized carbons (Fsp3) is 0.235. The zero-order valence-electron chi connectivity index (χ0n) is 22.7. The minimum atomic E-state index is -1.21. The van der Waals surface area contributed by atoms with Gasteiger partial charge in [-0.25, -0.2) is 0 Å². The van der Waals surface area contributed by atoms with Gasteiger partial charge in [-0.15, -0.1) is 0 Å². The highest BCUT2D eigenvalue weighted by molar-refractivity contribution is 6.15. The maximum atomic E-state index is 14.4. The molecular weight excluding hydrogens is 516 g/mol. The maximum Gasteiger partial charge on any atom is 0.266 e. The quantitative estimate of drug-likeness (QED) is 0.317. The van der Waals surface area contributed by atoms with Crippen LogP contribution in [0, 0.1) is 5.92 Å². The van der Waals surface area contributed by atoms with Gasteiger partial charge in [-0.2, -0.15) is 0 Å². The molecule has 206 valence electrons. The third kappa shape index (κ3) is 3.96. The SMILES string of the molecule is C[C@H]1C[C@@H](CCO)O[C@]12C(=O)N(Cc1ccccc1)c1ccc(N3C(=O)c4ccccc4Oc4ccccc43)cc12. The van der Waals surface area contributed by atoms with Crippen LogP contribution in [0.25, 0.3) is 0 Å². The lowest BCUT2D eigenvalue weighted by molar-refractivity contribution is -0.146. The highest BCUT2D eigenvalue weighted by Crippen LogP contribution is 2.55. The van der Waals surface area contributed by atoms with E-state index in [2.05, 4.69) is 0 Å². The van der Waals surface area contributed by atoms with Gasteiger partial charge in [0, 0.05) is 23.8 Å². The molecule has 0 unspecified atom stereocenters. The van der Waals surface area contributed by atoms with Crippen molar-refractivity contribution in [3.05, 3.63) is 114 Å². The van der Waals surface area contributed by atoms with E-state index in [1.54, 1.807) is 21.9 Å². The zero-order chi connectivity index (χ0) is 28.1. The first-order chi connectivity index (χ1) is 20.0. The molecule has 0 radical (unpaired) electrons. The van der Waals surface area contributed by atoms with Crippen LogP contribution in [0.2, 0.25) is 0 Å². The Kier molecular flexibility index (Phi) is 6.14. The highest BCUT2D eigenvalue weighted by atomic mass is 16.5. The molecule has 0 aromatic heterocycles. The molecule has 0 bridgehead atoms. The van der Waals surface area contributed by atoms with Crippen LogP contribution in [0.1, 0.15) is 41.3 Å². The van der Waals surface area contributed by atoms with Gasteiger partial charge in [0.2, 0.25) is 0 Å². The molecule has 3 heterocycles. The Labute approximate surface area is 238 Å². The van der Waals surface area contributed by atoms with Gasteiger partial charge in [0.15, 0.2) is 11.4 Å². The first-order valence-corrected chi connectivity index (χ1v) is 14.0. The van der Waals surface area contributed by atoms with Gasteiger partial charge in [0.25, 0.3) is 11.8 Å². The number of ether oxygens (including phenoxy) is 2. The molecule has 1 spiro atoms. The Balaban J connectivity index is 1.39. The topological polar surface area (TPSA) is 79.3 Å². The molecule has 1 N–H and O–H groups in total. The second-order valence-corrected chi connectivity index (χ2v) is 10.9. The fourth-order valence-electron chi connectivity index (χ4n) is 6.51. The predicted octanol–water partition coefficient (Wildman–Crippen LogP) is 6.32. The number of para-hydroxylation sites is 3. The summed E-state index contributed by atoms with van der Waals surface area (Å²) >= 11 is 0. The predicted molar refractivity (Wildman–Crippen MR) is 156 cm³/mol. The van der Waals surface area contributed by atoms with Crippen molar-refractivity contribution in [2.75, 3.05) is 16.4 Å². The van der Waals surface area contributed by atoms with E-state index in [0.717, 1.165) is 16.8 Å². The number of anilines is 3. The molecule has 4 aromatic carbocycles. The number of fused-ring (bicyclic) bond motifs is 4. The standard InChI is InChI=1S/C34H30N2O5/c1-22-19-25(17-18-37)41-34(22)27-20-24(15-16-28(27)35(33(34)39)21-23-9-3-2-4-10-23)36-29-12-6-8-14-31(29)40-30-13-7-5-11-26(30)32(36)38/h2-16,20,22,25,37H,17-19,21H2,1H3/t22-,25+,34+/m0/s1. The summed E-state index contributed by atoms with van der Waals surface area (Å²) in [6.07, 6.45) is 0.869. The van der Waals surface area contributed by atoms with E-state index in [9.17, 15) is 14.7 Å². The second kappa shape index (κ2) is 9.87. The van der Waals surface area contributed by atoms with E-state index >= 15 is 0 Å². The molecule has 41 heavy (non-hydrogen) atoms. The lowest BCUT2D eigenvalue weighted by Crippen LogP contribution is -2.43. The smallest absolute Gasteiger partial charge is 0.266 e. The Hall–Kier alpha value is -4.46. The number of hydrogen-bond donors (Lipinski definition) is 1. The van der Waals surface area contributed by atoms with Crippen molar-refractivity contribution in [2.24, 2.45) is 5.92 Å². The first-order valence-electron chi connectivity index (χ1n) is 14.0. The normalized spacial score (nSPS) is 22.8. The number of aliphatic hydroxyl groups is 1. The number of aliphatic hydroxyl groups excluding tert-OH is 1. The van der Waals surface area contributed by atoms with E-state index in [1.807, 2.05) is 91.9 Å². The molecule has 2 amide bonds. The van der Waals surface area contributed by atoms with Crippen molar-refractivity contribution < 1.29 is 24.2 Å². The number of hydrogen-bond acceptors (Lipinski definition) is 5. The Morgan fingerprint density at radius 3 is 2.41 bits per heavy atom. The summed E-state index contributed by atoms with van der Waals surface area (Å²) in [5.74, 6) is 0.601. The number of carbonyl (C=O) groups excluding carboxylic acids is 2. The van der Waals surface area contributed by atoms with E-state index < -0.39 is 5.60 Å². The number of rotatable bonds is 5. The number of benzene rings is 4. The fourth-order valence-corrected chi connectivity index (χ4v) is 6.51. The lowest BCUT2D eigenvalue weighted by Gasteiger charge is -2.29. The van der Waals surface area contributed by atoms with Crippen molar-refractivity contribution in [3.63, 3.8) is 0 Å². The molecule has 7 heteroatoms. The van der Waals surface area contributed by atoms with Gasteiger partial charge in [-0.05, 0) is 60.9 Å². The van der Waals surface area contributed by atoms with E-state index in [0.29, 0.717) is 47.8 Å². The van der Waals surface area contributed by atoms with Crippen LogP contribution in [0.15, 0.2) is 97.1 Å². The second-order valence-electron chi connectivity index (χ2n) is 10.9. The van der Waals surface area contributed by atoms with Crippen LogP contribution < -0.4 is 14.5 Å². The molecule has 7 rings (SSSR count). The summed E-state index contributed by atoms with van der Waals surface area (Å²) in [4.78, 5) is 31.9. The molecule has 1 fully saturated rings. The van der Waals surface area contributed by atoms with Gasteiger partial charge in [0.1, 0.15) is 5.75 Å². The van der Waals surface area contributed by atoms with Crippen molar-refractivity contribution in [1.82, 2.24) is 0 Å². The van der Waals surface area contributed by atoms with E-state index in [1.165, 1.54) is 0 Å². The monoisotopic (exact) mass is 546 g/mol. The summed E-state index contributed by atoms with van der Waals surface area (Å²) in [5, 5.41) is 9.66. The number of carbonyl (C=O) groups is 2. The molecule has 3 aliphatic rings. The molecule has 0 saturated carbocycles. The van der Waals surface area contributed by atoms with Gasteiger partial charge >= 0.3 is 0 Å². The molecule has 3 aliphatic heterocycles. The van der Waals surface area contributed by atoms with Gasteiger partial charge in [-0.3, -0.25) is 14.5 Å². The third-order valence-corrected chi connectivity index (χ3v) is 8.44. The minimum absolute atomic E-state index is 0.0131. The Morgan fingerprint density at radius 2 is 1.61 bits per heavy atom. The van der Waals surface area contributed by atoms with E-state index in [4.69, 9.17) is 9.47 Å². The summed E-state index contributed by atoms with van der Waals surface area (Å²) < 4.78 is 12.8. The average molecular weight is 547 g/mol. The number of nitrogens with zero attached hydrogens (tertiary/aromatic N) is 2. The number of amides is 2. The summed E-state index contributed by atoms with van der Waals surface area (Å²) in [6, 6.07) is 30.3. The molecule has 0 aliphatic carbocycles. The van der Waals surface area contributed by atoms with Crippen LogP contribution >= 0.6 is 0 Å². The minimum Gasteiger partial charge on any atom is -0.454 e. The van der Waals surface area contributed by atoms with Crippen LogP contribution in [-0.4, -0.2) is 29.6 Å². The van der Waals surface area contributed by atoms with Gasteiger partial charge < -0.3 is 19.5 Å². The van der Waals surface area contributed by atoms with Crippen molar-refractivity contribution in [3.8, 4) is 11.5 Å². The van der Waals surface area contributed by atoms with Crippen LogP contribution in [-0.2, 0) is 21.7 Å². The van der Waals surface area contributed by atoms with Crippen molar-refractivity contribution in [1.29, 1.82) is 0 Å². The highest BCUT2D eigenvalue weighted by Gasteiger charge is 2.60. The van der Waals surface area contributed by atoms with Gasteiger partial charge in [-0.1, -0.05) is 61.5 Å². The van der Waals surface area contributed by atoms with Crippen LogP contribution in [0.4, 0.5) is 17.1 Å². The van der Waals surface area contributed by atoms with Crippen LogP contribution in [0.3, 0.4) is 0 Å². The van der Waals surface area contributed by atoms with Crippen molar-refractivity contribution in [2.45, 2.75) is 38.0 Å². The Morgan fingerprint density at radius 1 is 0.878 bits per heavy atom. The van der Waals surface area contributed by atoms with E-state index in [-0.39, 0.29) is 30.4 Å². The average Bonchev–Trinajstić information content (AvgIpc) is 3.39. The summed E-state index contributed by atoms with van der Waals surface area (Å²) in [7, 11) is 0. The zero-order valence-corrected chi connectivity index (χ0v) is 22.7. The lowest BCUT2D eigenvalue weighted by atomic mass is 9.82. The molecule has 4 aromatic rings. The molecule has 7 nitrogen and oxygen atoms in total. The van der Waals surface area contributed by atoms with Crippen LogP contribution in [0.5, 0.6) is 11.5 Å². The Bertz CT molecular complexity index is 1650. The molecule has 1 saturated heterocycles. The summed E-state index contributed by atoms with van der Waals surface area (Å²) in [5.41, 5.74) is 3.01.